The Morgan fingerprint density at radius 3 is 2.62 bits per heavy atom. The highest BCUT2D eigenvalue weighted by atomic mass is 16.6. The van der Waals surface area contributed by atoms with Gasteiger partial charge in [-0.15, -0.1) is 0 Å². The molecule has 0 aliphatic heterocycles. The first-order valence-corrected chi connectivity index (χ1v) is 7.44. The van der Waals surface area contributed by atoms with Crippen LogP contribution in [-0.4, -0.2) is 11.7 Å². The van der Waals surface area contributed by atoms with Crippen molar-refractivity contribution in [2.75, 3.05) is 11.1 Å². The largest absolute Gasteiger partial charge is 0.444 e. The highest BCUT2D eigenvalue weighted by Gasteiger charge is 2.17. The topological polar surface area (TPSA) is 64.3 Å². The van der Waals surface area contributed by atoms with Crippen LogP contribution < -0.4 is 11.1 Å². The monoisotopic (exact) mass is 288 g/mol. The van der Waals surface area contributed by atoms with Gasteiger partial charge < -0.3 is 10.5 Å². The van der Waals surface area contributed by atoms with Crippen molar-refractivity contribution in [2.24, 2.45) is 0 Å². The maximum atomic E-state index is 11.8. The van der Waals surface area contributed by atoms with E-state index in [2.05, 4.69) is 11.4 Å². The number of hydrogen-bond acceptors (Lipinski definition) is 3. The third-order valence-corrected chi connectivity index (χ3v) is 3.35. The number of nitrogens with one attached hydrogen (secondary N) is 1. The number of nitrogen functional groups attached to an aromatic ring is 1. The zero-order chi connectivity index (χ0) is 15.5. The summed E-state index contributed by atoms with van der Waals surface area (Å²) in [6.45, 7) is 5.48. The van der Waals surface area contributed by atoms with E-state index in [1.807, 2.05) is 39.0 Å². The van der Waals surface area contributed by atoms with Gasteiger partial charge in [0.05, 0.1) is 11.4 Å². The lowest BCUT2D eigenvalue weighted by atomic mass is 9.93. The van der Waals surface area contributed by atoms with Crippen molar-refractivity contribution in [3.63, 3.8) is 0 Å². The van der Waals surface area contributed by atoms with Gasteiger partial charge in [0.2, 0.25) is 0 Å². The van der Waals surface area contributed by atoms with Crippen molar-refractivity contribution in [3.8, 4) is 0 Å². The highest BCUT2D eigenvalue weighted by molar-refractivity contribution is 5.90. The number of nitrogens with two attached hydrogens (primary N) is 1. The van der Waals surface area contributed by atoms with Gasteiger partial charge in [0.15, 0.2) is 0 Å². The van der Waals surface area contributed by atoms with Crippen LogP contribution in [0, 0.1) is 0 Å². The molecule has 0 saturated heterocycles. The Hall–Kier alpha value is -1.97. The first-order chi connectivity index (χ1) is 9.85. The molecule has 1 aliphatic rings. The second-order valence-electron chi connectivity index (χ2n) is 6.40. The van der Waals surface area contributed by atoms with E-state index in [9.17, 15) is 4.79 Å². The van der Waals surface area contributed by atoms with Gasteiger partial charge in [-0.3, -0.25) is 5.32 Å². The van der Waals surface area contributed by atoms with Gasteiger partial charge in [0, 0.05) is 0 Å². The lowest BCUT2D eigenvalue weighted by molar-refractivity contribution is 0.0636. The predicted octanol–water partition coefficient (Wildman–Crippen LogP) is 4.57. The molecule has 0 radical (unpaired) electrons. The zero-order valence-electron chi connectivity index (χ0n) is 13.0. The molecule has 1 aromatic rings. The maximum Gasteiger partial charge on any atom is 0.412 e. The van der Waals surface area contributed by atoms with Crippen molar-refractivity contribution in [2.45, 2.75) is 52.1 Å². The number of rotatable bonds is 2. The molecule has 0 unspecified atom stereocenters. The van der Waals surface area contributed by atoms with E-state index in [0.29, 0.717) is 11.4 Å². The Balaban J connectivity index is 2.09. The summed E-state index contributed by atoms with van der Waals surface area (Å²) in [4.78, 5) is 11.8. The number of anilines is 2. The van der Waals surface area contributed by atoms with E-state index in [1.54, 1.807) is 0 Å². The van der Waals surface area contributed by atoms with Crippen molar-refractivity contribution in [1.29, 1.82) is 0 Å². The van der Waals surface area contributed by atoms with Crippen LogP contribution >= 0.6 is 0 Å². The Kier molecular flexibility index (Phi) is 4.56. The molecule has 0 saturated carbocycles. The zero-order valence-corrected chi connectivity index (χ0v) is 13.0. The smallest absolute Gasteiger partial charge is 0.412 e. The van der Waals surface area contributed by atoms with E-state index in [-0.39, 0.29) is 0 Å². The molecule has 1 amide bonds. The molecule has 0 fully saturated rings. The minimum atomic E-state index is -0.522. The molecule has 4 nitrogen and oxygen atoms in total. The summed E-state index contributed by atoms with van der Waals surface area (Å²) >= 11 is 0. The lowest BCUT2D eigenvalue weighted by Crippen LogP contribution is -2.27. The van der Waals surface area contributed by atoms with Crippen molar-refractivity contribution in [1.82, 2.24) is 0 Å². The number of carbonyl (C=O) groups excluding carboxylic acids is 1. The third-order valence-electron chi connectivity index (χ3n) is 3.35. The van der Waals surface area contributed by atoms with Crippen LogP contribution in [0.5, 0.6) is 0 Å². The molecular formula is C17H24N2O2. The SMILES string of the molecule is CC(C)(C)OC(=O)Nc1ccc(C2=CCCCC2)cc1N. The van der Waals surface area contributed by atoms with E-state index in [1.165, 1.54) is 18.4 Å². The van der Waals surface area contributed by atoms with Crippen LogP contribution in [0.4, 0.5) is 16.2 Å². The number of hydrogen-bond donors (Lipinski definition) is 2. The van der Waals surface area contributed by atoms with Crippen LogP contribution in [0.15, 0.2) is 24.3 Å². The van der Waals surface area contributed by atoms with Gasteiger partial charge >= 0.3 is 6.09 Å². The molecular weight excluding hydrogens is 264 g/mol. The number of ether oxygens (including phenoxy) is 1. The number of carbonyl (C=O) groups is 1. The quantitative estimate of drug-likeness (QED) is 0.783. The molecule has 1 aliphatic carbocycles. The summed E-state index contributed by atoms with van der Waals surface area (Å²) in [6, 6.07) is 5.76. The highest BCUT2D eigenvalue weighted by Crippen LogP contribution is 2.30. The van der Waals surface area contributed by atoms with Gasteiger partial charge in [0.1, 0.15) is 5.60 Å². The summed E-state index contributed by atoms with van der Waals surface area (Å²) in [5.74, 6) is 0. The Morgan fingerprint density at radius 2 is 2.05 bits per heavy atom. The first kappa shape index (κ1) is 15.4. The van der Waals surface area contributed by atoms with Crippen LogP contribution in [0.25, 0.3) is 5.57 Å². The molecule has 2 rings (SSSR count). The number of allylic oxidation sites excluding steroid dienone is 2. The van der Waals surface area contributed by atoms with E-state index < -0.39 is 11.7 Å². The van der Waals surface area contributed by atoms with E-state index in [4.69, 9.17) is 10.5 Å². The summed E-state index contributed by atoms with van der Waals surface area (Å²) in [7, 11) is 0. The summed E-state index contributed by atoms with van der Waals surface area (Å²) < 4.78 is 5.23. The average molecular weight is 288 g/mol. The van der Waals surface area contributed by atoms with Gasteiger partial charge in [0.25, 0.3) is 0 Å². The molecule has 114 valence electrons. The molecule has 0 bridgehead atoms. The standard InChI is InChI=1S/C17H24N2O2/c1-17(2,3)21-16(20)19-15-10-9-13(11-14(15)18)12-7-5-4-6-8-12/h7,9-11H,4-6,8,18H2,1-3H3,(H,19,20). The molecule has 0 atom stereocenters. The number of amides is 1. The molecule has 1 aromatic carbocycles. The Morgan fingerprint density at radius 1 is 1.29 bits per heavy atom. The fraction of sp³-hybridized carbons (Fsp3) is 0.471. The van der Waals surface area contributed by atoms with Crippen molar-refractivity contribution in [3.05, 3.63) is 29.8 Å². The second kappa shape index (κ2) is 6.20. The Bertz CT molecular complexity index is 556. The van der Waals surface area contributed by atoms with E-state index >= 15 is 0 Å². The summed E-state index contributed by atoms with van der Waals surface area (Å²) in [5, 5.41) is 2.69. The lowest BCUT2D eigenvalue weighted by Gasteiger charge is -2.20. The molecule has 0 spiro atoms. The van der Waals surface area contributed by atoms with Crippen molar-refractivity contribution >= 4 is 23.0 Å². The minimum absolute atomic E-state index is 0.487. The van der Waals surface area contributed by atoms with Crippen molar-refractivity contribution < 1.29 is 9.53 Å². The van der Waals surface area contributed by atoms with Crippen LogP contribution in [0.3, 0.4) is 0 Å². The average Bonchev–Trinajstić information content (AvgIpc) is 2.40. The van der Waals surface area contributed by atoms with E-state index in [0.717, 1.165) is 18.4 Å². The third kappa shape index (κ3) is 4.52. The fourth-order valence-electron chi connectivity index (χ4n) is 2.39. The molecule has 0 aromatic heterocycles. The van der Waals surface area contributed by atoms with Crippen LogP contribution in [-0.2, 0) is 4.74 Å². The molecule has 21 heavy (non-hydrogen) atoms. The summed E-state index contributed by atoms with van der Waals surface area (Å²) in [6.07, 6.45) is 6.50. The first-order valence-electron chi connectivity index (χ1n) is 7.44. The molecule has 4 heteroatoms. The minimum Gasteiger partial charge on any atom is -0.444 e. The molecule has 0 heterocycles. The second-order valence-corrected chi connectivity index (χ2v) is 6.40. The Labute approximate surface area is 126 Å². The fourth-order valence-corrected chi connectivity index (χ4v) is 2.39. The van der Waals surface area contributed by atoms with Gasteiger partial charge in [-0.05, 0) is 69.7 Å². The predicted molar refractivity (Wildman–Crippen MR) is 87.2 cm³/mol. The molecule has 3 N–H and O–H groups in total. The van der Waals surface area contributed by atoms with Gasteiger partial charge in [-0.25, -0.2) is 4.79 Å². The van der Waals surface area contributed by atoms with Crippen LogP contribution in [0.1, 0.15) is 52.0 Å². The van der Waals surface area contributed by atoms with Gasteiger partial charge in [-0.2, -0.15) is 0 Å². The van der Waals surface area contributed by atoms with Gasteiger partial charge in [-0.1, -0.05) is 12.1 Å². The summed E-state index contributed by atoms with van der Waals surface area (Å²) in [5.41, 5.74) is 9.15. The van der Waals surface area contributed by atoms with Crippen LogP contribution in [0.2, 0.25) is 0 Å². The number of benzene rings is 1. The maximum absolute atomic E-state index is 11.8. The normalized spacial score (nSPS) is 15.3.